The first-order chi connectivity index (χ1) is 12.1. The Kier molecular flexibility index (Phi) is 6.08. The van der Waals surface area contributed by atoms with Gasteiger partial charge in [0.15, 0.2) is 0 Å². The van der Waals surface area contributed by atoms with E-state index in [-0.39, 0.29) is 18.0 Å². The van der Waals surface area contributed by atoms with Gasteiger partial charge in [-0.25, -0.2) is 0 Å². The van der Waals surface area contributed by atoms with Crippen molar-refractivity contribution in [2.75, 3.05) is 26.3 Å². The maximum atomic E-state index is 12.6. The summed E-state index contributed by atoms with van der Waals surface area (Å²) in [5.74, 6) is -0.0849. The molecular formula is C20H23ClN2O2. The lowest BCUT2D eigenvalue weighted by molar-refractivity contribution is 0.00888. The van der Waals surface area contributed by atoms with Gasteiger partial charge in [-0.2, -0.15) is 0 Å². The van der Waals surface area contributed by atoms with E-state index in [2.05, 4.69) is 29.3 Å². The van der Waals surface area contributed by atoms with Crippen LogP contribution in [0.2, 0.25) is 5.02 Å². The van der Waals surface area contributed by atoms with Crippen molar-refractivity contribution in [2.45, 2.75) is 19.0 Å². The van der Waals surface area contributed by atoms with Crippen molar-refractivity contribution in [3.8, 4) is 0 Å². The third-order valence-corrected chi connectivity index (χ3v) is 4.77. The first-order valence-electron chi connectivity index (χ1n) is 8.58. The fourth-order valence-electron chi connectivity index (χ4n) is 3.29. The maximum Gasteiger partial charge on any atom is 0.251 e. The van der Waals surface area contributed by atoms with Crippen LogP contribution in [0.4, 0.5) is 0 Å². The lowest BCUT2D eigenvalue weighted by atomic mass is 9.97. The summed E-state index contributed by atoms with van der Waals surface area (Å²) in [6, 6.07) is 17.4. The number of carbonyl (C=O) groups is 1. The van der Waals surface area contributed by atoms with Crippen molar-refractivity contribution in [3.05, 3.63) is 70.7 Å². The summed E-state index contributed by atoms with van der Waals surface area (Å²) >= 11 is 5.90. The lowest BCUT2D eigenvalue weighted by Gasteiger charge is -2.38. The standard InChI is InChI=1S/C20H23ClN2O2/c1-15(22-20(24)17-7-9-18(21)10-8-17)19(16-5-3-2-4-6-16)23-11-13-25-14-12-23/h2-10,15,19H,11-14H2,1H3,(H,22,24)/t15-,19-/m0/s1. The van der Waals surface area contributed by atoms with Gasteiger partial charge in [0.1, 0.15) is 0 Å². The molecule has 1 aliphatic heterocycles. The van der Waals surface area contributed by atoms with Gasteiger partial charge >= 0.3 is 0 Å². The summed E-state index contributed by atoms with van der Waals surface area (Å²) in [6.45, 7) is 5.23. The Morgan fingerprint density at radius 2 is 1.72 bits per heavy atom. The predicted molar refractivity (Wildman–Crippen MR) is 100.0 cm³/mol. The molecule has 3 rings (SSSR count). The largest absolute Gasteiger partial charge is 0.379 e. The molecule has 0 radical (unpaired) electrons. The molecule has 0 bridgehead atoms. The predicted octanol–water partition coefficient (Wildman–Crippen LogP) is 3.53. The molecule has 1 aliphatic rings. The highest BCUT2D eigenvalue weighted by atomic mass is 35.5. The second kappa shape index (κ2) is 8.48. The van der Waals surface area contributed by atoms with Crippen molar-refractivity contribution < 1.29 is 9.53 Å². The van der Waals surface area contributed by atoms with E-state index in [0.717, 1.165) is 26.3 Å². The number of carbonyl (C=O) groups excluding carboxylic acids is 1. The van der Waals surface area contributed by atoms with E-state index >= 15 is 0 Å². The minimum atomic E-state index is -0.0849. The maximum absolute atomic E-state index is 12.6. The summed E-state index contributed by atoms with van der Waals surface area (Å²) in [5.41, 5.74) is 1.82. The highest BCUT2D eigenvalue weighted by Crippen LogP contribution is 2.25. The quantitative estimate of drug-likeness (QED) is 0.889. The van der Waals surface area contributed by atoms with E-state index in [9.17, 15) is 4.79 Å². The van der Waals surface area contributed by atoms with Crippen LogP contribution in [0.15, 0.2) is 54.6 Å². The molecule has 2 aromatic carbocycles. The SMILES string of the molecule is C[C@H](NC(=O)c1ccc(Cl)cc1)[C@@H](c1ccccc1)N1CCOCC1. The normalized spacial score (nSPS) is 17.7. The van der Waals surface area contributed by atoms with E-state index < -0.39 is 0 Å². The summed E-state index contributed by atoms with van der Waals surface area (Å²) in [4.78, 5) is 15.0. The van der Waals surface area contributed by atoms with Gasteiger partial charge < -0.3 is 10.1 Å². The molecular weight excluding hydrogens is 336 g/mol. The topological polar surface area (TPSA) is 41.6 Å². The molecule has 5 heteroatoms. The third-order valence-electron chi connectivity index (χ3n) is 4.52. The molecule has 0 saturated carbocycles. The number of benzene rings is 2. The highest BCUT2D eigenvalue weighted by molar-refractivity contribution is 6.30. The molecule has 1 heterocycles. The summed E-state index contributed by atoms with van der Waals surface area (Å²) < 4.78 is 5.49. The van der Waals surface area contributed by atoms with Gasteiger partial charge in [0.25, 0.3) is 5.91 Å². The Labute approximate surface area is 153 Å². The number of nitrogens with one attached hydrogen (secondary N) is 1. The van der Waals surface area contributed by atoms with Crippen molar-refractivity contribution in [1.82, 2.24) is 10.2 Å². The van der Waals surface area contributed by atoms with Gasteiger partial charge in [-0.1, -0.05) is 41.9 Å². The minimum absolute atomic E-state index is 0.0383. The molecule has 2 atom stereocenters. The van der Waals surface area contributed by atoms with Gasteiger partial charge in [-0.15, -0.1) is 0 Å². The first-order valence-corrected chi connectivity index (χ1v) is 8.96. The average Bonchev–Trinajstić information content (AvgIpc) is 2.64. The molecule has 1 saturated heterocycles. The van der Waals surface area contributed by atoms with Crippen LogP contribution in [0.25, 0.3) is 0 Å². The molecule has 2 aromatic rings. The minimum Gasteiger partial charge on any atom is -0.379 e. The smallest absolute Gasteiger partial charge is 0.251 e. The first kappa shape index (κ1) is 17.9. The molecule has 0 unspecified atom stereocenters. The number of ether oxygens (including phenoxy) is 1. The summed E-state index contributed by atoms with van der Waals surface area (Å²) in [7, 11) is 0. The number of morpholine rings is 1. The molecule has 1 fully saturated rings. The zero-order valence-corrected chi connectivity index (χ0v) is 15.1. The molecule has 25 heavy (non-hydrogen) atoms. The van der Waals surface area contributed by atoms with Gasteiger partial charge in [-0.05, 0) is 36.8 Å². The van der Waals surface area contributed by atoms with Crippen molar-refractivity contribution >= 4 is 17.5 Å². The van der Waals surface area contributed by atoms with E-state index in [1.54, 1.807) is 24.3 Å². The van der Waals surface area contributed by atoms with Crippen LogP contribution in [-0.2, 0) is 4.74 Å². The van der Waals surface area contributed by atoms with Crippen LogP contribution in [0, 0.1) is 0 Å². The summed E-state index contributed by atoms with van der Waals surface area (Å²) in [5, 5.41) is 3.77. The zero-order chi connectivity index (χ0) is 17.6. The van der Waals surface area contributed by atoms with Crippen molar-refractivity contribution in [1.29, 1.82) is 0 Å². The van der Waals surface area contributed by atoms with Crippen LogP contribution < -0.4 is 5.32 Å². The fourth-order valence-corrected chi connectivity index (χ4v) is 3.42. The number of hydrogen-bond acceptors (Lipinski definition) is 3. The molecule has 4 nitrogen and oxygen atoms in total. The Morgan fingerprint density at radius 1 is 1.08 bits per heavy atom. The van der Waals surface area contributed by atoms with Gasteiger partial charge in [0, 0.05) is 29.7 Å². The molecule has 1 amide bonds. The van der Waals surface area contributed by atoms with Crippen molar-refractivity contribution in [2.24, 2.45) is 0 Å². The van der Waals surface area contributed by atoms with Crippen LogP contribution in [0.5, 0.6) is 0 Å². The molecule has 0 aromatic heterocycles. The van der Waals surface area contributed by atoms with E-state index in [4.69, 9.17) is 16.3 Å². The van der Waals surface area contributed by atoms with Gasteiger partial charge in [0.2, 0.25) is 0 Å². The number of amides is 1. The Balaban J connectivity index is 1.77. The van der Waals surface area contributed by atoms with Crippen LogP contribution in [-0.4, -0.2) is 43.2 Å². The van der Waals surface area contributed by atoms with E-state index in [0.29, 0.717) is 10.6 Å². The van der Waals surface area contributed by atoms with Crippen LogP contribution >= 0.6 is 11.6 Å². The lowest BCUT2D eigenvalue weighted by Crippen LogP contribution is -2.48. The second-order valence-electron chi connectivity index (χ2n) is 6.27. The number of nitrogens with zero attached hydrogens (tertiary/aromatic N) is 1. The van der Waals surface area contributed by atoms with Gasteiger partial charge in [-0.3, -0.25) is 9.69 Å². The fraction of sp³-hybridized carbons (Fsp3) is 0.350. The summed E-state index contributed by atoms with van der Waals surface area (Å²) in [6.07, 6.45) is 0. The number of halogens is 1. The third kappa shape index (κ3) is 4.60. The monoisotopic (exact) mass is 358 g/mol. The van der Waals surface area contributed by atoms with Gasteiger partial charge in [0.05, 0.1) is 19.3 Å². The molecule has 0 spiro atoms. The number of hydrogen-bond donors (Lipinski definition) is 1. The Hall–Kier alpha value is -1.88. The highest BCUT2D eigenvalue weighted by Gasteiger charge is 2.28. The van der Waals surface area contributed by atoms with E-state index in [1.165, 1.54) is 5.56 Å². The second-order valence-corrected chi connectivity index (χ2v) is 6.71. The van der Waals surface area contributed by atoms with E-state index in [1.807, 2.05) is 18.2 Å². The zero-order valence-electron chi connectivity index (χ0n) is 14.3. The average molecular weight is 359 g/mol. The molecule has 0 aliphatic carbocycles. The molecule has 1 N–H and O–H groups in total. The number of rotatable bonds is 5. The van der Waals surface area contributed by atoms with Crippen LogP contribution in [0.3, 0.4) is 0 Å². The Bertz CT molecular complexity index is 685. The Morgan fingerprint density at radius 3 is 2.36 bits per heavy atom. The van der Waals surface area contributed by atoms with Crippen LogP contribution in [0.1, 0.15) is 28.9 Å². The van der Waals surface area contributed by atoms with Crippen molar-refractivity contribution in [3.63, 3.8) is 0 Å². The molecule has 132 valence electrons.